The molecule has 0 bridgehead atoms. The van der Waals surface area contributed by atoms with Crippen LogP contribution in [-0.4, -0.2) is 24.7 Å². The van der Waals surface area contributed by atoms with Crippen LogP contribution in [0.25, 0.3) is 0 Å². The van der Waals surface area contributed by atoms with Gasteiger partial charge >= 0.3 is 24.7 Å². The van der Waals surface area contributed by atoms with Crippen LogP contribution in [0.1, 0.15) is 20.3 Å². The molecule has 0 fully saturated rings. The van der Waals surface area contributed by atoms with Crippen LogP contribution in [0, 0.1) is 5.41 Å². The topological polar surface area (TPSA) is 26.3 Å². The van der Waals surface area contributed by atoms with Crippen molar-refractivity contribution in [1.82, 2.24) is 0 Å². The van der Waals surface area contributed by atoms with Gasteiger partial charge in [0.15, 0.2) is 5.41 Å². The Morgan fingerprint density at radius 2 is 1.59 bits per heavy atom. The summed E-state index contributed by atoms with van der Waals surface area (Å²) in [4.78, 5) is 10.9. The van der Waals surface area contributed by atoms with E-state index in [0.717, 1.165) is 6.92 Å². The lowest BCUT2D eigenvalue weighted by molar-refractivity contribution is -0.278. The minimum atomic E-state index is -5.55. The van der Waals surface area contributed by atoms with Gasteiger partial charge in [-0.3, -0.25) is 4.79 Å². The van der Waals surface area contributed by atoms with E-state index in [4.69, 9.17) is 0 Å². The first kappa shape index (κ1) is 16.0. The Balaban J connectivity index is 4.93. The zero-order chi connectivity index (χ0) is 14.1. The average Bonchev–Trinajstić information content (AvgIpc) is 2.12. The van der Waals surface area contributed by atoms with E-state index in [1.807, 2.05) is 0 Å². The molecule has 2 nitrogen and oxygen atoms in total. The van der Waals surface area contributed by atoms with E-state index in [1.165, 1.54) is 0 Å². The summed E-state index contributed by atoms with van der Waals surface area (Å²) in [7, 11) is 0. The van der Waals surface area contributed by atoms with Crippen LogP contribution in [0.4, 0.5) is 30.7 Å². The summed E-state index contributed by atoms with van der Waals surface area (Å²) in [6, 6.07) is 0. The van der Waals surface area contributed by atoms with Crippen molar-refractivity contribution >= 4 is 5.97 Å². The van der Waals surface area contributed by atoms with Gasteiger partial charge < -0.3 is 4.74 Å². The van der Waals surface area contributed by atoms with E-state index >= 15 is 0 Å². The quantitative estimate of drug-likeness (QED) is 0.580. The number of carbonyl (C=O) groups is 1. The number of halogens is 7. The van der Waals surface area contributed by atoms with E-state index in [0.29, 0.717) is 6.92 Å². The molecule has 0 N–H and O–H groups in total. The van der Waals surface area contributed by atoms with Crippen LogP contribution in [0.5, 0.6) is 0 Å². The molecule has 0 aromatic carbocycles. The Morgan fingerprint density at radius 1 is 1.18 bits per heavy atom. The molecule has 2 atom stereocenters. The monoisotopic (exact) mass is 270 g/mol. The molecule has 0 aromatic rings. The molecule has 0 aliphatic carbocycles. The van der Waals surface area contributed by atoms with Gasteiger partial charge in [0.05, 0.1) is 0 Å². The van der Waals surface area contributed by atoms with E-state index in [1.54, 1.807) is 0 Å². The maximum Gasteiger partial charge on any atom is 0.457 e. The summed E-state index contributed by atoms with van der Waals surface area (Å²) in [6.07, 6.45) is -15.6. The summed E-state index contributed by atoms with van der Waals surface area (Å²) < 4.78 is 87.6. The Kier molecular flexibility index (Phi) is 4.41. The van der Waals surface area contributed by atoms with Crippen LogP contribution < -0.4 is 0 Å². The van der Waals surface area contributed by atoms with Crippen molar-refractivity contribution in [2.24, 2.45) is 5.41 Å². The number of alkyl halides is 7. The van der Waals surface area contributed by atoms with Crippen molar-refractivity contribution in [2.75, 3.05) is 0 Å². The van der Waals surface area contributed by atoms with Gasteiger partial charge in [0.2, 0.25) is 0 Å². The third kappa shape index (κ3) is 3.47. The van der Waals surface area contributed by atoms with Gasteiger partial charge in [-0.1, -0.05) is 6.92 Å². The predicted octanol–water partition coefficient (Wildman–Crippen LogP) is 3.37. The average molecular weight is 270 g/mol. The first-order valence-corrected chi connectivity index (χ1v) is 4.35. The fraction of sp³-hybridized carbons (Fsp3) is 0.875. The molecular weight excluding hydrogens is 261 g/mol. The van der Waals surface area contributed by atoms with Gasteiger partial charge in [0.1, 0.15) is 0 Å². The first-order valence-electron chi connectivity index (χ1n) is 4.35. The molecule has 0 aliphatic heterocycles. The number of esters is 1. The largest absolute Gasteiger partial charge is 0.457 e. The fourth-order valence-electron chi connectivity index (χ4n) is 0.751. The Morgan fingerprint density at radius 3 is 1.82 bits per heavy atom. The van der Waals surface area contributed by atoms with Crippen molar-refractivity contribution in [3.63, 3.8) is 0 Å². The maximum atomic E-state index is 12.4. The molecule has 2 unspecified atom stereocenters. The highest BCUT2D eigenvalue weighted by molar-refractivity contribution is 5.77. The Hall–Kier alpha value is -1.02. The molecule has 0 aromatic heterocycles. The summed E-state index contributed by atoms with van der Waals surface area (Å²) >= 11 is 0. The summed E-state index contributed by atoms with van der Waals surface area (Å²) in [6.45, 7) is 1.27. The Bertz CT molecular complexity index is 283. The highest BCUT2D eigenvalue weighted by Crippen LogP contribution is 2.42. The zero-order valence-corrected chi connectivity index (χ0v) is 8.75. The molecule has 0 heterocycles. The number of rotatable bonds is 3. The van der Waals surface area contributed by atoms with Gasteiger partial charge in [-0.2, -0.15) is 30.7 Å². The molecule has 0 spiro atoms. The van der Waals surface area contributed by atoms with Gasteiger partial charge in [0.25, 0.3) is 0 Å². The van der Waals surface area contributed by atoms with Crippen molar-refractivity contribution in [3.8, 4) is 0 Å². The van der Waals surface area contributed by atoms with Gasteiger partial charge in [-0.05, 0) is 13.3 Å². The third-order valence-corrected chi connectivity index (χ3v) is 2.25. The molecule has 102 valence electrons. The lowest BCUT2D eigenvalue weighted by Gasteiger charge is -2.29. The van der Waals surface area contributed by atoms with E-state index in [2.05, 4.69) is 4.74 Å². The van der Waals surface area contributed by atoms with Crippen LogP contribution in [0.2, 0.25) is 0 Å². The molecule has 0 aliphatic rings. The van der Waals surface area contributed by atoms with Gasteiger partial charge in [-0.15, -0.1) is 0 Å². The zero-order valence-electron chi connectivity index (χ0n) is 8.75. The van der Waals surface area contributed by atoms with Crippen molar-refractivity contribution in [3.05, 3.63) is 0 Å². The van der Waals surface area contributed by atoms with Crippen molar-refractivity contribution in [1.29, 1.82) is 0 Å². The lowest BCUT2D eigenvalue weighted by atomic mass is 9.87. The molecule has 9 heteroatoms. The lowest BCUT2D eigenvalue weighted by Crippen LogP contribution is -2.45. The maximum absolute atomic E-state index is 12.4. The number of hydrogen-bond acceptors (Lipinski definition) is 2. The molecule has 0 rings (SSSR count). The van der Waals surface area contributed by atoms with E-state index in [9.17, 15) is 35.5 Å². The first-order chi connectivity index (χ1) is 7.36. The van der Waals surface area contributed by atoms with E-state index in [-0.39, 0.29) is 0 Å². The summed E-state index contributed by atoms with van der Waals surface area (Å²) in [5.74, 6) is -2.29. The van der Waals surface area contributed by atoms with Crippen LogP contribution >= 0.6 is 0 Å². The summed E-state index contributed by atoms with van der Waals surface area (Å²) in [5.41, 5.74) is -3.16. The smallest absolute Gasteiger partial charge is 0.421 e. The van der Waals surface area contributed by atoms with Gasteiger partial charge in [-0.25, -0.2) is 0 Å². The van der Waals surface area contributed by atoms with Crippen LogP contribution in [0.15, 0.2) is 0 Å². The second-order valence-corrected chi connectivity index (χ2v) is 3.45. The molecule has 0 saturated heterocycles. The van der Waals surface area contributed by atoms with Crippen molar-refractivity contribution in [2.45, 2.75) is 39.0 Å². The van der Waals surface area contributed by atoms with Crippen LogP contribution in [-0.2, 0) is 9.53 Å². The summed E-state index contributed by atoms with van der Waals surface area (Å²) in [5, 5.41) is 0. The fourth-order valence-corrected chi connectivity index (χ4v) is 0.751. The van der Waals surface area contributed by atoms with Crippen LogP contribution in [0.3, 0.4) is 0 Å². The van der Waals surface area contributed by atoms with Gasteiger partial charge in [0, 0.05) is 0 Å². The highest BCUT2D eigenvalue weighted by Gasteiger charge is 2.58. The normalized spacial score (nSPS) is 18.4. The second-order valence-electron chi connectivity index (χ2n) is 3.45. The molecular formula is C8H9F7O2. The third-order valence-electron chi connectivity index (χ3n) is 2.25. The molecule has 0 saturated carbocycles. The number of ether oxygens (including phenoxy) is 1. The number of hydrogen-bond donors (Lipinski definition) is 0. The molecule has 0 amide bonds. The SMILES string of the molecule is CCC(C)(C(=O)OC(F)C(F)(F)F)C(F)(F)F. The second kappa shape index (κ2) is 4.69. The molecule has 17 heavy (non-hydrogen) atoms. The predicted molar refractivity (Wildman–Crippen MR) is 41.5 cm³/mol. The minimum absolute atomic E-state index is 0.346. The molecule has 0 radical (unpaired) electrons. The Labute approximate surface area is 91.7 Å². The standard InChI is InChI=1S/C8H9F7O2/c1-3-6(2,8(13,14)15)5(16)17-4(9)7(10,11)12/h4H,3H2,1-2H3. The number of carbonyl (C=O) groups excluding carboxylic acids is 1. The van der Waals surface area contributed by atoms with E-state index < -0.39 is 36.5 Å². The van der Waals surface area contributed by atoms with Crippen molar-refractivity contribution < 1.29 is 40.3 Å². The minimum Gasteiger partial charge on any atom is -0.421 e. The highest BCUT2D eigenvalue weighted by atomic mass is 19.4.